The summed E-state index contributed by atoms with van der Waals surface area (Å²) in [5.41, 5.74) is 4.59. The number of nitrogens with zero attached hydrogens (tertiary/aromatic N) is 1. The maximum absolute atomic E-state index is 13.6. The van der Waals surface area contributed by atoms with Crippen LogP contribution in [-0.2, 0) is 27.2 Å². The van der Waals surface area contributed by atoms with Crippen LogP contribution in [0.15, 0.2) is 108 Å². The predicted octanol–water partition coefficient (Wildman–Crippen LogP) is 6.39. The van der Waals surface area contributed by atoms with Crippen molar-refractivity contribution in [1.82, 2.24) is 10.2 Å². The summed E-state index contributed by atoms with van der Waals surface area (Å²) in [6, 6.07) is 30.9. The number of carbonyl (C=O) groups is 4. The lowest BCUT2D eigenvalue weighted by molar-refractivity contribution is -0.136. The van der Waals surface area contributed by atoms with E-state index in [-0.39, 0.29) is 42.4 Å². The molecule has 0 saturated carbocycles. The van der Waals surface area contributed by atoms with Crippen LogP contribution in [0, 0.1) is 0 Å². The zero-order chi connectivity index (χ0) is 33.7. The second kappa shape index (κ2) is 14.3. The van der Waals surface area contributed by atoms with Crippen LogP contribution in [0.4, 0.5) is 11.4 Å². The molecule has 0 radical (unpaired) electrons. The molecule has 49 heavy (non-hydrogen) atoms. The zero-order valence-corrected chi connectivity index (χ0v) is 27.1. The summed E-state index contributed by atoms with van der Waals surface area (Å²) in [5, 5.41) is 9.97. The average Bonchev–Trinajstić information content (AvgIpc) is 3.91. The third-order valence-electron chi connectivity index (χ3n) is 9.30. The Labute approximate surface area is 284 Å². The second-order valence-corrected chi connectivity index (χ2v) is 12.7. The molecule has 0 unspecified atom stereocenters. The van der Waals surface area contributed by atoms with Crippen LogP contribution in [-0.4, -0.2) is 53.6 Å². The van der Waals surface area contributed by atoms with Crippen LogP contribution in [0.3, 0.4) is 0 Å². The number of nitrogens with one attached hydrogen (secondary N) is 3. The molecule has 0 bridgehead atoms. The van der Waals surface area contributed by atoms with Gasteiger partial charge in [-0.15, -0.1) is 0 Å². The number of anilines is 2. The number of likely N-dealkylation sites (tertiary alicyclic amines) is 1. The zero-order valence-electron chi connectivity index (χ0n) is 27.1. The number of hydrogen-bond acceptors (Lipinski definition) is 6. The Balaban J connectivity index is 1.10. The Kier molecular flexibility index (Phi) is 9.34. The van der Waals surface area contributed by atoms with Gasteiger partial charge in [-0.25, -0.2) is 0 Å². The largest absolute Gasteiger partial charge is 0.456 e. The summed E-state index contributed by atoms with van der Waals surface area (Å²) in [7, 11) is 0. The monoisotopic (exact) mass is 654 g/mol. The van der Waals surface area contributed by atoms with Gasteiger partial charge in [0.25, 0.3) is 0 Å². The summed E-state index contributed by atoms with van der Waals surface area (Å²) in [5.74, 6) is 0.0110. The molecule has 9 heteroatoms. The number of ketones is 1. The maximum atomic E-state index is 13.6. The molecule has 9 nitrogen and oxygen atoms in total. The molecule has 0 aliphatic carbocycles. The summed E-state index contributed by atoms with van der Waals surface area (Å²) >= 11 is 0. The highest BCUT2D eigenvalue weighted by Crippen LogP contribution is 2.33. The van der Waals surface area contributed by atoms with Gasteiger partial charge in [0.05, 0.1) is 18.2 Å². The van der Waals surface area contributed by atoms with Crippen molar-refractivity contribution in [2.75, 3.05) is 23.7 Å². The molecule has 2 aliphatic heterocycles. The first-order chi connectivity index (χ1) is 23.9. The van der Waals surface area contributed by atoms with E-state index >= 15 is 0 Å². The van der Waals surface area contributed by atoms with Crippen molar-refractivity contribution in [3.05, 3.63) is 120 Å². The van der Waals surface area contributed by atoms with Crippen molar-refractivity contribution >= 4 is 45.8 Å². The van der Waals surface area contributed by atoms with E-state index in [9.17, 15) is 19.2 Å². The highest BCUT2D eigenvalue weighted by Gasteiger charge is 2.34. The first-order valence-electron chi connectivity index (χ1n) is 16.8. The molecule has 2 aliphatic rings. The van der Waals surface area contributed by atoms with Crippen molar-refractivity contribution < 1.29 is 23.6 Å². The smallest absolute Gasteiger partial charge is 0.247 e. The van der Waals surface area contributed by atoms with Crippen LogP contribution in [0.1, 0.15) is 47.2 Å². The molecule has 3 N–H and O–H groups in total. The highest BCUT2D eigenvalue weighted by atomic mass is 16.3. The van der Waals surface area contributed by atoms with Crippen LogP contribution in [0.2, 0.25) is 0 Å². The molecule has 5 aromatic rings. The van der Waals surface area contributed by atoms with E-state index < -0.39 is 6.04 Å². The number of benzene rings is 4. The van der Waals surface area contributed by atoms with Gasteiger partial charge in [-0.3, -0.25) is 19.2 Å². The van der Waals surface area contributed by atoms with Crippen LogP contribution in [0.5, 0.6) is 0 Å². The van der Waals surface area contributed by atoms with Gasteiger partial charge in [-0.2, -0.15) is 0 Å². The molecule has 2 fully saturated rings. The Morgan fingerprint density at radius 3 is 2.24 bits per heavy atom. The van der Waals surface area contributed by atoms with Gasteiger partial charge >= 0.3 is 0 Å². The van der Waals surface area contributed by atoms with Gasteiger partial charge in [-0.1, -0.05) is 60.7 Å². The van der Waals surface area contributed by atoms with Crippen LogP contribution >= 0.6 is 0 Å². The van der Waals surface area contributed by atoms with Gasteiger partial charge < -0.3 is 25.3 Å². The molecule has 3 heterocycles. The molecule has 4 aromatic carbocycles. The van der Waals surface area contributed by atoms with Gasteiger partial charge in [0, 0.05) is 35.2 Å². The molecule has 2 atom stereocenters. The lowest BCUT2D eigenvalue weighted by Crippen LogP contribution is -2.43. The fourth-order valence-corrected chi connectivity index (χ4v) is 6.74. The van der Waals surface area contributed by atoms with Crippen molar-refractivity contribution in [3.8, 4) is 11.3 Å². The van der Waals surface area contributed by atoms with E-state index in [1.165, 1.54) is 0 Å². The number of rotatable bonds is 10. The van der Waals surface area contributed by atoms with Gasteiger partial charge in [0.15, 0.2) is 5.78 Å². The number of Topliss-reactive ketones (excluding diaryl/α,β-unsaturated/α-hetero) is 1. The lowest BCUT2D eigenvalue weighted by Gasteiger charge is -2.24. The van der Waals surface area contributed by atoms with Crippen molar-refractivity contribution in [2.45, 2.75) is 50.6 Å². The third-order valence-corrected chi connectivity index (χ3v) is 9.30. The minimum absolute atomic E-state index is 0.0545. The average molecular weight is 655 g/mol. The third kappa shape index (κ3) is 7.32. The molecule has 248 valence electrons. The topological polar surface area (TPSA) is 121 Å². The van der Waals surface area contributed by atoms with E-state index in [1.54, 1.807) is 29.2 Å². The maximum Gasteiger partial charge on any atom is 0.247 e. The predicted molar refractivity (Wildman–Crippen MR) is 189 cm³/mol. The van der Waals surface area contributed by atoms with Crippen molar-refractivity contribution in [2.24, 2.45) is 0 Å². The SMILES string of the molecule is O=C(Cc1ccccc1)c1cc(-c2cc3cc(NC(=O)[C@@H]4CCCN4C(=O)Cc4ccccc4)ccc3o2)ccc1NC(=O)[C@@H]1CCCN1. The number of fused-ring (bicyclic) bond motifs is 1. The Morgan fingerprint density at radius 1 is 0.755 bits per heavy atom. The number of carbonyl (C=O) groups excluding carboxylic acids is 4. The first kappa shape index (κ1) is 32.0. The summed E-state index contributed by atoms with van der Waals surface area (Å²) in [4.78, 5) is 54.8. The van der Waals surface area contributed by atoms with Gasteiger partial charge in [0.2, 0.25) is 17.7 Å². The number of amides is 3. The molecule has 2 saturated heterocycles. The summed E-state index contributed by atoms with van der Waals surface area (Å²) in [6.45, 7) is 1.35. The fourth-order valence-electron chi connectivity index (χ4n) is 6.74. The van der Waals surface area contributed by atoms with Crippen molar-refractivity contribution in [3.63, 3.8) is 0 Å². The Morgan fingerprint density at radius 2 is 1.51 bits per heavy atom. The van der Waals surface area contributed by atoms with Crippen LogP contribution < -0.4 is 16.0 Å². The van der Waals surface area contributed by atoms with E-state index in [4.69, 9.17) is 4.42 Å². The lowest BCUT2D eigenvalue weighted by atomic mass is 9.98. The highest BCUT2D eigenvalue weighted by molar-refractivity contribution is 6.07. The number of hydrogen-bond donors (Lipinski definition) is 3. The first-order valence-corrected chi connectivity index (χ1v) is 16.8. The minimum atomic E-state index is -0.526. The molecule has 0 spiro atoms. The summed E-state index contributed by atoms with van der Waals surface area (Å²) in [6.07, 6.45) is 3.53. The quantitative estimate of drug-likeness (QED) is 0.150. The molecular weight excluding hydrogens is 616 g/mol. The van der Waals surface area contributed by atoms with E-state index in [0.717, 1.165) is 42.3 Å². The molecule has 1 aromatic heterocycles. The molecule has 3 amide bonds. The fraction of sp³-hybridized carbons (Fsp3) is 0.250. The minimum Gasteiger partial charge on any atom is -0.456 e. The van der Waals surface area contributed by atoms with Crippen LogP contribution in [0.25, 0.3) is 22.3 Å². The normalized spacial score (nSPS) is 17.3. The Bertz CT molecular complexity index is 2000. The molecule has 7 rings (SSSR count). The van der Waals surface area contributed by atoms with Gasteiger partial charge in [0.1, 0.15) is 17.4 Å². The summed E-state index contributed by atoms with van der Waals surface area (Å²) < 4.78 is 6.20. The Hall–Kier alpha value is -5.54. The van der Waals surface area contributed by atoms with E-state index in [1.807, 2.05) is 78.9 Å². The van der Waals surface area contributed by atoms with Gasteiger partial charge in [-0.05, 0) is 85.8 Å². The van der Waals surface area contributed by atoms with Crippen molar-refractivity contribution in [1.29, 1.82) is 0 Å². The molecular formula is C40H38N4O5. The number of furan rings is 1. The van der Waals surface area contributed by atoms with E-state index in [2.05, 4.69) is 16.0 Å². The second-order valence-electron chi connectivity index (χ2n) is 12.7. The standard InChI is InChI=1S/C40H38N4O5/c45-35(21-26-9-3-1-4-10-26)31-24-28(15-17-32(31)43-39(47)33-13-7-19-41-33)37-25-29-23-30(16-18-36(29)49-37)42-40(48)34-14-8-20-44(34)38(46)22-27-11-5-2-6-12-27/h1-6,9-12,15-18,23-25,33-34,41H,7-8,13-14,19-22H2,(H,42,48)(H,43,47)/t33-,34-/m0/s1. The van der Waals surface area contributed by atoms with E-state index in [0.29, 0.717) is 46.8 Å².